The average molecular weight is 489 g/mol. The highest BCUT2D eigenvalue weighted by molar-refractivity contribution is 5.12. The second-order valence-electron chi connectivity index (χ2n) is 14.6. The third kappa shape index (κ3) is 5.68. The first kappa shape index (κ1) is 27.9. The number of hydrogen-bond acceptors (Lipinski definition) is 3. The second-order valence-corrected chi connectivity index (χ2v) is 14.6. The van der Waals surface area contributed by atoms with Gasteiger partial charge in [0.25, 0.3) is 0 Å². The van der Waals surface area contributed by atoms with Crippen molar-refractivity contribution in [2.75, 3.05) is 13.1 Å². The molecule has 35 heavy (non-hydrogen) atoms. The summed E-state index contributed by atoms with van der Waals surface area (Å²) in [6.07, 6.45) is 18.4. The molecule has 0 aromatic rings. The summed E-state index contributed by atoms with van der Waals surface area (Å²) in [6.45, 7) is 14.5. The van der Waals surface area contributed by atoms with Crippen molar-refractivity contribution in [3.8, 4) is 0 Å². The number of hydrogen-bond donors (Lipinski definition) is 3. The van der Waals surface area contributed by atoms with Crippen LogP contribution in [0.5, 0.6) is 0 Å². The zero-order chi connectivity index (χ0) is 25.2. The van der Waals surface area contributed by atoms with E-state index in [9.17, 15) is 5.11 Å². The maximum Gasteiger partial charge on any atom is 0.0577 e. The minimum absolute atomic E-state index is 0.0685. The van der Waals surface area contributed by atoms with Crippen LogP contribution < -0.4 is 11.1 Å². The molecule has 0 aromatic carbocycles. The van der Waals surface area contributed by atoms with E-state index < -0.39 is 0 Å². The van der Waals surface area contributed by atoms with E-state index in [0.717, 1.165) is 55.5 Å². The van der Waals surface area contributed by atoms with Crippen LogP contribution in [0.1, 0.15) is 125 Å². The Morgan fingerprint density at radius 2 is 1.60 bits per heavy atom. The van der Waals surface area contributed by atoms with E-state index in [1.54, 1.807) is 0 Å². The Kier molecular flexibility index (Phi) is 9.35. The van der Waals surface area contributed by atoms with Crippen molar-refractivity contribution >= 4 is 0 Å². The summed E-state index contributed by atoms with van der Waals surface area (Å²) in [7, 11) is 0. The van der Waals surface area contributed by atoms with Gasteiger partial charge in [-0.2, -0.15) is 0 Å². The van der Waals surface area contributed by atoms with Gasteiger partial charge < -0.3 is 16.2 Å². The predicted molar refractivity (Wildman–Crippen MR) is 149 cm³/mol. The minimum Gasteiger partial charge on any atom is -0.393 e. The molecule has 4 unspecified atom stereocenters. The molecule has 10 atom stereocenters. The number of fused-ring (bicyclic) bond motifs is 5. The summed E-state index contributed by atoms with van der Waals surface area (Å²) in [4.78, 5) is 0. The van der Waals surface area contributed by atoms with E-state index in [4.69, 9.17) is 5.73 Å². The third-order valence-corrected chi connectivity index (χ3v) is 12.2. The van der Waals surface area contributed by atoms with Gasteiger partial charge in [0.2, 0.25) is 0 Å². The molecule has 204 valence electrons. The number of rotatable bonds is 11. The lowest BCUT2D eigenvalue weighted by Gasteiger charge is -2.62. The van der Waals surface area contributed by atoms with E-state index >= 15 is 0 Å². The van der Waals surface area contributed by atoms with Crippen LogP contribution in [0.4, 0.5) is 0 Å². The van der Waals surface area contributed by atoms with Crippen molar-refractivity contribution in [1.29, 1.82) is 0 Å². The molecule has 4 aliphatic rings. The molecule has 4 fully saturated rings. The first-order valence-electron chi connectivity index (χ1n) is 15.8. The first-order valence-corrected chi connectivity index (χ1v) is 15.8. The van der Waals surface area contributed by atoms with E-state index in [-0.39, 0.29) is 6.10 Å². The Labute approximate surface area is 218 Å². The number of nitrogens with one attached hydrogen (secondary N) is 1. The highest BCUT2D eigenvalue weighted by Gasteiger charge is 2.62. The molecule has 4 N–H and O–H groups in total. The van der Waals surface area contributed by atoms with E-state index in [1.807, 2.05) is 0 Å². The van der Waals surface area contributed by atoms with Crippen molar-refractivity contribution in [3.63, 3.8) is 0 Å². The van der Waals surface area contributed by atoms with Gasteiger partial charge in [-0.05, 0) is 130 Å². The molecule has 0 saturated heterocycles. The molecule has 4 saturated carbocycles. The van der Waals surface area contributed by atoms with Crippen molar-refractivity contribution < 1.29 is 5.11 Å². The van der Waals surface area contributed by atoms with Gasteiger partial charge in [-0.25, -0.2) is 0 Å². The number of unbranched alkanes of at least 4 members (excludes halogenated alkanes) is 2. The Hall–Kier alpha value is -0.120. The van der Waals surface area contributed by atoms with Crippen LogP contribution in [0, 0.1) is 52.3 Å². The SMILES string of the molecule is CC(C)CCC[C@@H](C)C1CCC2C3C(CC[C@@]21C)[C@@]1(C)CC[C@H](NCCCCCN)C[C@@H]1C[C@H]3O. The van der Waals surface area contributed by atoms with Crippen molar-refractivity contribution in [2.45, 2.75) is 137 Å². The topological polar surface area (TPSA) is 58.3 Å². The highest BCUT2D eigenvalue weighted by Crippen LogP contribution is 2.68. The molecule has 0 heterocycles. The van der Waals surface area contributed by atoms with E-state index in [0.29, 0.717) is 28.7 Å². The molecule has 4 rings (SSSR count). The highest BCUT2D eigenvalue weighted by atomic mass is 16.3. The molecule has 3 heteroatoms. The van der Waals surface area contributed by atoms with Crippen LogP contribution in [0.2, 0.25) is 0 Å². The van der Waals surface area contributed by atoms with Crippen LogP contribution in [-0.4, -0.2) is 30.3 Å². The fourth-order valence-corrected chi connectivity index (χ4v) is 10.2. The van der Waals surface area contributed by atoms with Crippen LogP contribution in [-0.2, 0) is 0 Å². The van der Waals surface area contributed by atoms with Gasteiger partial charge in [-0.1, -0.05) is 60.3 Å². The van der Waals surface area contributed by atoms with Gasteiger partial charge in [0.05, 0.1) is 6.10 Å². The van der Waals surface area contributed by atoms with Gasteiger partial charge in [0, 0.05) is 6.04 Å². The van der Waals surface area contributed by atoms with Gasteiger partial charge in [0.15, 0.2) is 0 Å². The lowest BCUT2D eigenvalue weighted by molar-refractivity contribution is -0.167. The fourth-order valence-electron chi connectivity index (χ4n) is 10.2. The third-order valence-electron chi connectivity index (χ3n) is 12.2. The minimum atomic E-state index is -0.0685. The molecule has 0 spiro atoms. The number of aliphatic hydroxyl groups is 1. The van der Waals surface area contributed by atoms with E-state index in [2.05, 4.69) is 39.9 Å². The standard InChI is InChI=1S/C32H60N2O/c1-22(2)10-9-11-23(3)26-12-13-27-30-28(15-17-32(26,27)5)31(4)16-14-25(20-24(31)21-29(30)35)34-19-8-6-7-18-33/h22-30,34-35H,6-21,33H2,1-5H3/t23-,24-,25+,26?,27?,28?,29-,30?,31+,32-/m1/s1. The zero-order valence-corrected chi connectivity index (χ0v) is 24.0. The Morgan fingerprint density at radius 3 is 2.34 bits per heavy atom. The maximum atomic E-state index is 11.7. The fraction of sp³-hybridized carbons (Fsp3) is 1.00. The Balaban J connectivity index is 1.38. The summed E-state index contributed by atoms with van der Waals surface area (Å²) in [5.41, 5.74) is 6.57. The summed E-state index contributed by atoms with van der Waals surface area (Å²) in [5.74, 6) is 5.30. The van der Waals surface area contributed by atoms with Crippen molar-refractivity contribution in [1.82, 2.24) is 5.32 Å². The number of aliphatic hydroxyl groups excluding tert-OH is 1. The van der Waals surface area contributed by atoms with Gasteiger partial charge in [-0.3, -0.25) is 0 Å². The molecule has 0 amide bonds. The van der Waals surface area contributed by atoms with Gasteiger partial charge >= 0.3 is 0 Å². The smallest absolute Gasteiger partial charge is 0.0577 e. The van der Waals surface area contributed by atoms with E-state index in [1.165, 1.54) is 77.0 Å². The molecule has 0 radical (unpaired) electrons. The number of nitrogens with two attached hydrogens (primary N) is 1. The normalized spacial score (nSPS) is 44.1. The van der Waals surface area contributed by atoms with Gasteiger partial charge in [0.1, 0.15) is 0 Å². The van der Waals surface area contributed by atoms with Crippen molar-refractivity contribution in [3.05, 3.63) is 0 Å². The lowest BCUT2D eigenvalue weighted by Crippen LogP contribution is -2.59. The lowest BCUT2D eigenvalue weighted by atomic mass is 9.43. The Morgan fingerprint density at radius 1 is 0.857 bits per heavy atom. The molecule has 4 aliphatic carbocycles. The van der Waals surface area contributed by atoms with Gasteiger partial charge in [-0.15, -0.1) is 0 Å². The molecular formula is C32H60N2O. The maximum absolute atomic E-state index is 11.7. The molecule has 3 nitrogen and oxygen atoms in total. The second kappa shape index (κ2) is 11.7. The van der Waals surface area contributed by atoms with Crippen LogP contribution in [0.3, 0.4) is 0 Å². The van der Waals surface area contributed by atoms with Crippen LogP contribution >= 0.6 is 0 Å². The monoisotopic (exact) mass is 488 g/mol. The predicted octanol–water partition coefficient (Wildman–Crippen LogP) is 7.17. The zero-order valence-electron chi connectivity index (χ0n) is 24.0. The first-order chi connectivity index (χ1) is 16.7. The molecule has 0 aliphatic heterocycles. The molecule has 0 aromatic heterocycles. The Bertz CT molecular complexity index is 666. The largest absolute Gasteiger partial charge is 0.393 e. The van der Waals surface area contributed by atoms with Crippen molar-refractivity contribution in [2.24, 2.45) is 58.0 Å². The quantitative estimate of drug-likeness (QED) is 0.270. The summed E-state index contributed by atoms with van der Waals surface area (Å²) in [5, 5.41) is 15.6. The summed E-state index contributed by atoms with van der Waals surface area (Å²) in [6, 6.07) is 0.658. The van der Waals surface area contributed by atoms with Crippen LogP contribution in [0.15, 0.2) is 0 Å². The summed E-state index contributed by atoms with van der Waals surface area (Å²) >= 11 is 0. The molecule has 0 bridgehead atoms. The van der Waals surface area contributed by atoms with Crippen LogP contribution in [0.25, 0.3) is 0 Å². The summed E-state index contributed by atoms with van der Waals surface area (Å²) < 4.78 is 0. The molecular weight excluding hydrogens is 428 g/mol. The average Bonchev–Trinajstić information content (AvgIpc) is 3.16.